The maximum atomic E-state index is 4.05. The van der Waals surface area contributed by atoms with Gasteiger partial charge in [-0.15, -0.1) is 0 Å². The van der Waals surface area contributed by atoms with Gasteiger partial charge in [-0.2, -0.15) is 0 Å². The van der Waals surface area contributed by atoms with Crippen LogP contribution in [0, 0.1) is 11.3 Å². The minimum atomic E-state index is 0.522. The van der Waals surface area contributed by atoms with Crippen molar-refractivity contribution in [2.75, 3.05) is 0 Å². The molecule has 0 spiro atoms. The molecular formula is C15H27N3. The zero-order chi connectivity index (χ0) is 13.0. The fourth-order valence-electron chi connectivity index (χ4n) is 3.00. The van der Waals surface area contributed by atoms with E-state index in [0.717, 1.165) is 12.5 Å². The molecule has 2 N–H and O–H groups in total. The van der Waals surface area contributed by atoms with Gasteiger partial charge in [0, 0.05) is 24.5 Å². The summed E-state index contributed by atoms with van der Waals surface area (Å²) in [5.74, 6) is 0.910. The molecule has 2 rings (SSSR count). The first-order chi connectivity index (χ1) is 8.62. The Kier molecular flexibility index (Phi) is 4.44. The summed E-state index contributed by atoms with van der Waals surface area (Å²) in [6.07, 6.45) is 10.3. The molecule has 102 valence electrons. The quantitative estimate of drug-likeness (QED) is 0.838. The monoisotopic (exact) mass is 249 g/mol. The van der Waals surface area contributed by atoms with Crippen LogP contribution in [0.3, 0.4) is 0 Å². The fraction of sp³-hybridized carbons (Fsp3) is 0.800. The first-order valence-electron chi connectivity index (χ1n) is 7.32. The number of aromatic amines is 1. The molecule has 1 aliphatic carbocycles. The topological polar surface area (TPSA) is 40.7 Å². The summed E-state index contributed by atoms with van der Waals surface area (Å²) in [5, 5.41) is 3.64. The lowest BCUT2D eigenvalue weighted by molar-refractivity contribution is 0.136. The number of rotatable bonds is 5. The van der Waals surface area contributed by atoms with Gasteiger partial charge in [0.05, 0.1) is 6.33 Å². The van der Waals surface area contributed by atoms with E-state index in [2.05, 4.69) is 36.1 Å². The Balaban J connectivity index is 1.73. The van der Waals surface area contributed by atoms with E-state index >= 15 is 0 Å². The molecule has 0 radical (unpaired) electrons. The highest BCUT2D eigenvalue weighted by Crippen LogP contribution is 2.40. The fourth-order valence-corrected chi connectivity index (χ4v) is 3.00. The molecule has 1 heterocycles. The Morgan fingerprint density at radius 2 is 2.06 bits per heavy atom. The predicted octanol–water partition coefficient (Wildman–Crippen LogP) is 3.49. The summed E-state index contributed by atoms with van der Waals surface area (Å²) >= 11 is 0. The molecular weight excluding hydrogens is 222 g/mol. The highest BCUT2D eigenvalue weighted by molar-refractivity contribution is 4.94. The maximum absolute atomic E-state index is 4.05. The lowest BCUT2D eigenvalue weighted by Gasteiger charge is -2.39. The number of hydrogen-bond donors (Lipinski definition) is 2. The average Bonchev–Trinajstić information content (AvgIpc) is 2.90. The van der Waals surface area contributed by atoms with Crippen LogP contribution >= 0.6 is 0 Å². The summed E-state index contributed by atoms with van der Waals surface area (Å²) in [6, 6.07) is 0.692. The lowest BCUT2D eigenvalue weighted by atomic mass is 9.69. The summed E-state index contributed by atoms with van der Waals surface area (Å²) in [4.78, 5) is 7.19. The SMILES string of the molecule is CCC(C)(C)C1CCC(NCc2cnc[nH]2)CC1. The van der Waals surface area contributed by atoms with Crippen LogP contribution in [0.15, 0.2) is 12.5 Å². The molecule has 1 fully saturated rings. The van der Waals surface area contributed by atoms with E-state index in [9.17, 15) is 0 Å². The van der Waals surface area contributed by atoms with E-state index in [0.29, 0.717) is 11.5 Å². The van der Waals surface area contributed by atoms with Crippen molar-refractivity contribution >= 4 is 0 Å². The average molecular weight is 249 g/mol. The van der Waals surface area contributed by atoms with E-state index in [-0.39, 0.29) is 0 Å². The highest BCUT2D eigenvalue weighted by Gasteiger charge is 2.31. The van der Waals surface area contributed by atoms with E-state index in [4.69, 9.17) is 0 Å². The van der Waals surface area contributed by atoms with Crippen LogP contribution in [0.25, 0.3) is 0 Å². The number of H-pyrrole nitrogens is 1. The Morgan fingerprint density at radius 3 is 2.61 bits per heavy atom. The van der Waals surface area contributed by atoms with Gasteiger partial charge in [0.25, 0.3) is 0 Å². The molecule has 0 amide bonds. The van der Waals surface area contributed by atoms with Crippen molar-refractivity contribution < 1.29 is 0 Å². The third-order valence-electron chi connectivity index (χ3n) is 4.88. The van der Waals surface area contributed by atoms with Crippen LogP contribution in [0.2, 0.25) is 0 Å². The standard InChI is InChI=1S/C15H27N3/c1-4-15(2,3)12-5-7-13(8-6-12)17-10-14-9-16-11-18-14/h9,11-13,17H,4-8,10H2,1-3H3,(H,16,18). The molecule has 18 heavy (non-hydrogen) atoms. The Morgan fingerprint density at radius 1 is 1.33 bits per heavy atom. The second-order valence-electron chi connectivity index (χ2n) is 6.35. The predicted molar refractivity (Wildman–Crippen MR) is 75.2 cm³/mol. The van der Waals surface area contributed by atoms with Gasteiger partial charge < -0.3 is 10.3 Å². The number of hydrogen-bond acceptors (Lipinski definition) is 2. The van der Waals surface area contributed by atoms with Gasteiger partial charge >= 0.3 is 0 Å². The van der Waals surface area contributed by atoms with Crippen LogP contribution in [-0.4, -0.2) is 16.0 Å². The van der Waals surface area contributed by atoms with Gasteiger partial charge in [-0.3, -0.25) is 0 Å². The molecule has 0 bridgehead atoms. The molecule has 0 saturated heterocycles. The van der Waals surface area contributed by atoms with E-state index in [1.807, 2.05) is 6.20 Å². The number of nitrogens with zero attached hydrogens (tertiary/aromatic N) is 1. The second kappa shape index (κ2) is 5.87. The second-order valence-corrected chi connectivity index (χ2v) is 6.35. The van der Waals surface area contributed by atoms with Crippen LogP contribution in [-0.2, 0) is 6.54 Å². The van der Waals surface area contributed by atoms with E-state index in [1.165, 1.54) is 37.8 Å². The van der Waals surface area contributed by atoms with Gasteiger partial charge in [-0.05, 0) is 37.0 Å². The highest BCUT2D eigenvalue weighted by atomic mass is 15.0. The first kappa shape index (κ1) is 13.6. The minimum absolute atomic E-state index is 0.522. The number of imidazole rings is 1. The molecule has 1 saturated carbocycles. The van der Waals surface area contributed by atoms with Crippen molar-refractivity contribution in [3.63, 3.8) is 0 Å². The lowest BCUT2D eigenvalue weighted by Crippen LogP contribution is -2.36. The van der Waals surface area contributed by atoms with Crippen molar-refractivity contribution in [1.82, 2.24) is 15.3 Å². The normalized spacial score (nSPS) is 25.3. The van der Waals surface area contributed by atoms with Gasteiger partial charge in [-0.25, -0.2) is 4.98 Å². The van der Waals surface area contributed by atoms with Crippen molar-refractivity contribution in [3.05, 3.63) is 18.2 Å². The van der Waals surface area contributed by atoms with E-state index < -0.39 is 0 Å². The zero-order valence-electron chi connectivity index (χ0n) is 12.0. The van der Waals surface area contributed by atoms with Crippen molar-refractivity contribution in [3.8, 4) is 0 Å². The first-order valence-corrected chi connectivity index (χ1v) is 7.32. The van der Waals surface area contributed by atoms with Gasteiger partial charge in [0.1, 0.15) is 0 Å². The summed E-state index contributed by atoms with van der Waals surface area (Å²) in [5.41, 5.74) is 1.71. The smallest absolute Gasteiger partial charge is 0.0922 e. The third kappa shape index (κ3) is 3.35. The molecule has 1 aromatic heterocycles. The van der Waals surface area contributed by atoms with Crippen LogP contribution < -0.4 is 5.32 Å². The summed E-state index contributed by atoms with van der Waals surface area (Å²) < 4.78 is 0. The largest absolute Gasteiger partial charge is 0.347 e. The Labute approximate surface area is 111 Å². The minimum Gasteiger partial charge on any atom is -0.347 e. The molecule has 0 aliphatic heterocycles. The number of nitrogens with one attached hydrogen (secondary N) is 2. The van der Waals surface area contributed by atoms with Crippen molar-refractivity contribution in [1.29, 1.82) is 0 Å². The van der Waals surface area contributed by atoms with Crippen molar-refractivity contribution in [2.24, 2.45) is 11.3 Å². The molecule has 3 heteroatoms. The zero-order valence-corrected chi connectivity index (χ0v) is 12.0. The van der Waals surface area contributed by atoms with E-state index in [1.54, 1.807) is 6.33 Å². The Hall–Kier alpha value is -0.830. The molecule has 1 aliphatic rings. The van der Waals surface area contributed by atoms with Crippen LogP contribution in [0.4, 0.5) is 0 Å². The number of aromatic nitrogens is 2. The van der Waals surface area contributed by atoms with Gasteiger partial charge in [-0.1, -0.05) is 27.2 Å². The molecule has 1 aromatic rings. The third-order valence-corrected chi connectivity index (χ3v) is 4.88. The molecule has 0 atom stereocenters. The van der Waals surface area contributed by atoms with Gasteiger partial charge in [0.15, 0.2) is 0 Å². The van der Waals surface area contributed by atoms with Crippen LogP contribution in [0.1, 0.15) is 58.6 Å². The van der Waals surface area contributed by atoms with Crippen molar-refractivity contribution in [2.45, 2.75) is 65.5 Å². The molecule has 3 nitrogen and oxygen atoms in total. The molecule has 0 unspecified atom stereocenters. The maximum Gasteiger partial charge on any atom is 0.0922 e. The summed E-state index contributed by atoms with van der Waals surface area (Å²) in [7, 11) is 0. The van der Waals surface area contributed by atoms with Crippen LogP contribution in [0.5, 0.6) is 0 Å². The Bertz CT molecular complexity index is 335. The molecule has 0 aromatic carbocycles. The van der Waals surface area contributed by atoms with Gasteiger partial charge in [0.2, 0.25) is 0 Å². The summed E-state index contributed by atoms with van der Waals surface area (Å²) in [6.45, 7) is 8.10.